The van der Waals surface area contributed by atoms with Gasteiger partial charge in [-0.05, 0) is 42.8 Å². The summed E-state index contributed by atoms with van der Waals surface area (Å²) in [5.74, 6) is 0.580. The van der Waals surface area contributed by atoms with Gasteiger partial charge in [-0.25, -0.2) is 9.97 Å². The van der Waals surface area contributed by atoms with Crippen LogP contribution in [0.25, 0.3) is 22.4 Å². The van der Waals surface area contributed by atoms with Crippen molar-refractivity contribution in [2.75, 3.05) is 36.5 Å². The Balaban J connectivity index is 1.39. The van der Waals surface area contributed by atoms with Crippen LogP contribution in [0, 0.1) is 6.92 Å². The van der Waals surface area contributed by atoms with E-state index in [9.17, 15) is 0 Å². The van der Waals surface area contributed by atoms with E-state index in [1.165, 1.54) is 5.69 Å². The van der Waals surface area contributed by atoms with Crippen LogP contribution in [0.2, 0.25) is 0 Å². The summed E-state index contributed by atoms with van der Waals surface area (Å²) in [5, 5.41) is 3.34. The number of benzene rings is 2. The van der Waals surface area contributed by atoms with Crippen molar-refractivity contribution in [3.05, 3.63) is 78.8 Å². The van der Waals surface area contributed by atoms with Gasteiger partial charge in [-0.15, -0.1) is 0 Å². The number of rotatable bonds is 5. The highest BCUT2D eigenvalue weighted by Gasteiger charge is 2.15. The highest BCUT2D eigenvalue weighted by atomic mass is 16.5. The maximum absolute atomic E-state index is 5.44. The standard InChI is InChI=1S/C25H25N5O/c1-18-24(22(17-27-18)19-5-3-2-4-6-19)23-11-12-26-25(29-23)28-20-7-9-21(10-8-20)30-13-15-31-16-14-30/h2-12,17,27H,13-16H2,1H3,(H,26,28,29). The van der Waals surface area contributed by atoms with Gasteiger partial charge in [-0.1, -0.05) is 30.3 Å². The molecule has 0 atom stereocenters. The van der Waals surface area contributed by atoms with Gasteiger partial charge < -0.3 is 19.9 Å². The zero-order chi connectivity index (χ0) is 21.0. The van der Waals surface area contributed by atoms with Crippen molar-refractivity contribution < 1.29 is 4.74 Å². The molecule has 1 saturated heterocycles. The summed E-state index contributed by atoms with van der Waals surface area (Å²) in [4.78, 5) is 14.9. The largest absolute Gasteiger partial charge is 0.378 e. The Morgan fingerprint density at radius 2 is 1.74 bits per heavy atom. The van der Waals surface area contributed by atoms with Gasteiger partial charge in [0.15, 0.2) is 0 Å². The van der Waals surface area contributed by atoms with E-state index in [-0.39, 0.29) is 0 Å². The Bertz CT molecular complexity index is 1150. The van der Waals surface area contributed by atoms with Gasteiger partial charge >= 0.3 is 0 Å². The number of anilines is 3. The van der Waals surface area contributed by atoms with Crippen molar-refractivity contribution in [2.45, 2.75) is 6.92 Å². The van der Waals surface area contributed by atoms with Crippen molar-refractivity contribution in [3.8, 4) is 22.4 Å². The maximum Gasteiger partial charge on any atom is 0.227 e. The minimum absolute atomic E-state index is 0.580. The molecule has 0 aliphatic carbocycles. The molecule has 31 heavy (non-hydrogen) atoms. The normalized spacial score (nSPS) is 13.9. The Hall–Kier alpha value is -3.64. The molecule has 6 heteroatoms. The van der Waals surface area contributed by atoms with E-state index in [1.807, 2.05) is 18.3 Å². The Morgan fingerprint density at radius 1 is 0.968 bits per heavy atom. The highest BCUT2D eigenvalue weighted by Crippen LogP contribution is 2.34. The monoisotopic (exact) mass is 411 g/mol. The van der Waals surface area contributed by atoms with Gasteiger partial charge in [-0.2, -0.15) is 0 Å². The highest BCUT2D eigenvalue weighted by molar-refractivity contribution is 5.84. The molecule has 4 aromatic rings. The summed E-state index contributed by atoms with van der Waals surface area (Å²) in [6.07, 6.45) is 3.84. The van der Waals surface area contributed by atoms with Crippen molar-refractivity contribution in [3.63, 3.8) is 0 Å². The van der Waals surface area contributed by atoms with E-state index < -0.39 is 0 Å². The van der Waals surface area contributed by atoms with E-state index in [1.54, 1.807) is 6.20 Å². The molecule has 3 heterocycles. The van der Waals surface area contributed by atoms with Crippen molar-refractivity contribution in [2.24, 2.45) is 0 Å². The Kier molecular flexibility index (Phi) is 5.37. The zero-order valence-electron chi connectivity index (χ0n) is 17.5. The lowest BCUT2D eigenvalue weighted by Crippen LogP contribution is -2.36. The predicted molar refractivity (Wildman–Crippen MR) is 125 cm³/mol. The molecular formula is C25H25N5O. The van der Waals surface area contributed by atoms with Crippen LogP contribution in [0.3, 0.4) is 0 Å². The summed E-state index contributed by atoms with van der Waals surface area (Å²) in [5.41, 5.74) is 7.53. The lowest BCUT2D eigenvalue weighted by atomic mass is 10.0. The molecule has 2 aromatic carbocycles. The fourth-order valence-corrected chi connectivity index (χ4v) is 3.97. The lowest BCUT2D eigenvalue weighted by molar-refractivity contribution is 0.122. The molecule has 0 unspecified atom stereocenters. The van der Waals surface area contributed by atoms with E-state index in [4.69, 9.17) is 9.72 Å². The van der Waals surface area contributed by atoms with Crippen molar-refractivity contribution in [1.82, 2.24) is 15.0 Å². The van der Waals surface area contributed by atoms with Gasteiger partial charge in [0.1, 0.15) is 0 Å². The van der Waals surface area contributed by atoms with Crippen LogP contribution < -0.4 is 10.2 Å². The third-order valence-corrected chi connectivity index (χ3v) is 5.57. The molecule has 0 bridgehead atoms. The van der Waals surface area contributed by atoms with Gasteiger partial charge in [-0.3, -0.25) is 0 Å². The average Bonchev–Trinajstić information content (AvgIpc) is 3.22. The van der Waals surface area contributed by atoms with Gasteiger partial charge in [0.05, 0.1) is 18.9 Å². The second-order valence-electron chi connectivity index (χ2n) is 7.61. The second-order valence-corrected chi connectivity index (χ2v) is 7.61. The van der Waals surface area contributed by atoms with Gasteiger partial charge in [0.25, 0.3) is 0 Å². The number of hydrogen-bond donors (Lipinski definition) is 2. The molecule has 1 fully saturated rings. The lowest BCUT2D eigenvalue weighted by Gasteiger charge is -2.28. The Labute approximate surface area is 181 Å². The van der Waals surface area contributed by atoms with Crippen LogP contribution in [0.1, 0.15) is 5.69 Å². The molecule has 1 aliphatic heterocycles. The van der Waals surface area contributed by atoms with Gasteiger partial charge in [0, 0.05) is 53.7 Å². The number of H-pyrrole nitrogens is 1. The summed E-state index contributed by atoms with van der Waals surface area (Å²) in [6, 6.07) is 20.7. The summed E-state index contributed by atoms with van der Waals surface area (Å²) in [6.45, 7) is 5.49. The van der Waals surface area contributed by atoms with E-state index in [0.29, 0.717) is 5.95 Å². The second kappa shape index (κ2) is 8.62. The number of aromatic amines is 1. The first-order valence-corrected chi connectivity index (χ1v) is 10.5. The molecule has 0 saturated carbocycles. The quantitative estimate of drug-likeness (QED) is 0.482. The molecule has 1 aliphatic rings. The molecule has 5 rings (SSSR count). The third kappa shape index (κ3) is 4.15. The minimum atomic E-state index is 0.580. The fourth-order valence-electron chi connectivity index (χ4n) is 3.97. The molecular weight excluding hydrogens is 386 g/mol. The number of aromatic nitrogens is 3. The smallest absolute Gasteiger partial charge is 0.227 e. The van der Waals surface area contributed by atoms with E-state index in [2.05, 4.69) is 75.6 Å². The molecule has 0 spiro atoms. The van der Waals surface area contributed by atoms with Crippen molar-refractivity contribution in [1.29, 1.82) is 0 Å². The van der Waals surface area contributed by atoms with Crippen LogP contribution in [0.15, 0.2) is 73.1 Å². The summed E-state index contributed by atoms with van der Waals surface area (Å²) >= 11 is 0. The van der Waals surface area contributed by atoms with Crippen LogP contribution >= 0.6 is 0 Å². The number of nitrogens with zero attached hydrogens (tertiary/aromatic N) is 3. The first kappa shape index (κ1) is 19.3. The number of ether oxygens (including phenoxy) is 1. The first-order chi connectivity index (χ1) is 15.3. The maximum atomic E-state index is 5.44. The van der Waals surface area contributed by atoms with E-state index >= 15 is 0 Å². The molecule has 0 radical (unpaired) electrons. The topological polar surface area (TPSA) is 66.1 Å². The fraction of sp³-hybridized carbons (Fsp3) is 0.200. The number of hydrogen-bond acceptors (Lipinski definition) is 5. The predicted octanol–water partition coefficient (Wildman–Crippen LogP) is 5.03. The minimum Gasteiger partial charge on any atom is -0.378 e. The van der Waals surface area contributed by atoms with Crippen molar-refractivity contribution >= 4 is 17.3 Å². The average molecular weight is 412 g/mol. The summed E-state index contributed by atoms with van der Waals surface area (Å²) < 4.78 is 5.44. The van der Waals surface area contributed by atoms with Crippen LogP contribution in [-0.4, -0.2) is 41.3 Å². The zero-order valence-corrected chi connectivity index (χ0v) is 17.5. The Morgan fingerprint density at radius 3 is 2.52 bits per heavy atom. The van der Waals surface area contributed by atoms with E-state index in [0.717, 1.165) is 60.1 Å². The molecule has 2 aromatic heterocycles. The van der Waals surface area contributed by atoms with Crippen LogP contribution in [-0.2, 0) is 4.74 Å². The SMILES string of the molecule is Cc1[nH]cc(-c2ccccc2)c1-c1ccnc(Nc2ccc(N3CCOCC3)cc2)n1. The third-order valence-electron chi connectivity index (χ3n) is 5.57. The summed E-state index contributed by atoms with van der Waals surface area (Å²) in [7, 11) is 0. The van der Waals surface area contributed by atoms with Crippen LogP contribution in [0.4, 0.5) is 17.3 Å². The number of morpholine rings is 1. The van der Waals surface area contributed by atoms with Crippen LogP contribution in [0.5, 0.6) is 0 Å². The number of aryl methyl sites for hydroxylation is 1. The molecule has 2 N–H and O–H groups in total. The first-order valence-electron chi connectivity index (χ1n) is 10.5. The molecule has 6 nitrogen and oxygen atoms in total. The van der Waals surface area contributed by atoms with Gasteiger partial charge in [0.2, 0.25) is 5.95 Å². The molecule has 156 valence electrons. The number of nitrogens with one attached hydrogen (secondary N) is 2. The molecule has 0 amide bonds.